The third-order valence-corrected chi connectivity index (χ3v) is 5.36. The largest absolute Gasteiger partial charge is 0.445 e. The third-order valence-electron chi connectivity index (χ3n) is 5.36. The molecular formula is C21H23F2N5O2. The number of aryl methyl sites for hydroxylation is 1. The minimum Gasteiger partial charge on any atom is -0.445 e. The second kappa shape index (κ2) is 8.25. The summed E-state index contributed by atoms with van der Waals surface area (Å²) in [5.74, 6) is -3.43. The summed E-state index contributed by atoms with van der Waals surface area (Å²) in [6, 6.07) is 9.32. The Morgan fingerprint density at radius 1 is 1.30 bits per heavy atom. The van der Waals surface area contributed by atoms with Crippen LogP contribution in [-0.2, 0) is 11.3 Å². The number of carbonyl (C=O) groups excluding carboxylic acids is 1. The number of anilines is 1. The predicted molar refractivity (Wildman–Crippen MR) is 108 cm³/mol. The molecule has 3 aromatic rings. The number of aromatic amines is 1. The monoisotopic (exact) mass is 415 g/mol. The highest BCUT2D eigenvalue weighted by molar-refractivity contribution is 5.86. The molecule has 2 aromatic heterocycles. The van der Waals surface area contributed by atoms with Crippen molar-refractivity contribution < 1.29 is 18.3 Å². The molecular weight excluding hydrogens is 392 g/mol. The minimum atomic E-state index is -3.03. The molecule has 0 spiro atoms. The zero-order chi connectivity index (χ0) is 21.1. The number of ether oxygens (including phenoxy) is 1. The first-order chi connectivity index (χ1) is 14.4. The number of hydrogen-bond donors (Lipinski definition) is 2. The maximum absolute atomic E-state index is 14.7. The van der Waals surface area contributed by atoms with Crippen LogP contribution in [0.25, 0.3) is 11.0 Å². The number of hydrogen-bond acceptors (Lipinski definition) is 5. The molecule has 158 valence electrons. The fourth-order valence-corrected chi connectivity index (χ4v) is 3.55. The molecule has 0 saturated carbocycles. The van der Waals surface area contributed by atoms with Crippen molar-refractivity contribution in [3.63, 3.8) is 0 Å². The van der Waals surface area contributed by atoms with Gasteiger partial charge in [0.25, 0.3) is 5.92 Å². The maximum atomic E-state index is 14.7. The fraction of sp³-hybridized carbons (Fsp3) is 0.381. The van der Waals surface area contributed by atoms with Crippen molar-refractivity contribution in [2.45, 2.75) is 25.9 Å². The average molecular weight is 415 g/mol. The number of benzene rings is 1. The van der Waals surface area contributed by atoms with Gasteiger partial charge < -0.3 is 19.9 Å². The van der Waals surface area contributed by atoms with Gasteiger partial charge in [-0.3, -0.25) is 0 Å². The predicted octanol–water partition coefficient (Wildman–Crippen LogP) is 3.97. The molecule has 9 heteroatoms. The average Bonchev–Trinajstić information content (AvgIpc) is 3.21. The number of likely N-dealkylation sites (tertiary alicyclic amines) is 1. The summed E-state index contributed by atoms with van der Waals surface area (Å²) >= 11 is 0. The Morgan fingerprint density at radius 2 is 2.10 bits per heavy atom. The van der Waals surface area contributed by atoms with Crippen LogP contribution in [0.4, 0.5) is 19.4 Å². The van der Waals surface area contributed by atoms with Crippen molar-refractivity contribution in [2.24, 2.45) is 5.92 Å². The molecule has 1 aromatic carbocycles. The molecule has 30 heavy (non-hydrogen) atoms. The van der Waals surface area contributed by atoms with E-state index in [0.717, 1.165) is 21.4 Å². The van der Waals surface area contributed by atoms with E-state index in [0.29, 0.717) is 11.5 Å². The molecule has 1 saturated heterocycles. The Morgan fingerprint density at radius 3 is 2.87 bits per heavy atom. The lowest BCUT2D eigenvalue weighted by Gasteiger charge is -2.37. The van der Waals surface area contributed by atoms with Crippen molar-refractivity contribution in [3.05, 3.63) is 54.0 Å². The Labute approximate surface area is 172 Å². The first kappa shape index (κ1) is 20.1. The molecule has 1 atom stereocenters. The first-order valence-electron chi connectivity index (χ1n) is 9.79. The lowest BCUT2D eigenvalue weighted by molar-refractivity contribution is -0.101. The molecule has 1 aliphatic rings. The lowest BCUT2D eigenvalue weighted by atomic mass is 9.93. The van der Waals surface area contributed by atoms with E-state index in [9.17, 15) is 13.6 Å². The number of rotatable bonds is 5. The molecule has 0 radical (unpaired) electrons. The molecule has 1 amide bonds. The summed E-state index contributed by atoms with van der Waals surface area (Å²) in [6.07, 6.45) is 2.55. The van der Waals surface area contributed by atoms with Crippen LogP contribution in [0.2, 0.25) is 0 Å². The van der Waals surface area contributed by atoms with Gasteiger partial charge in [0.2, 0.25) is 0 Å². The van der Waals surface area contributed by atoms with Crippen LogP contribution in [0.3, 0.4) is 0 Å². The lowest BCUT2D eigenvalue weighted by Crippen LogP contribution is -2.52. The standard InChI is InChI=1S/C21H23F2N5O2/c1-14-2-4-15(5-3-14)11-30-20(29)28-9-7-16(21(22,23)12-28)10-25-19-17-6-8-24-18(17)26-13-27-19/h2-6,8,13,16H,7,9-12H2,1H3,(H2,24,25,26,27)/t16-/m1/s1. The van der Waals surface area contributed by atoms with E-state index in [4.69, 9.17) is 4.74 Å². The van der Waals surface area contributed by atoms with Gasteiger partial charge >= 0.3 is 6.09 Å². The number of nitrogens with zero attached hydrogens (tertiary/aromatic N) is 3. The first-order valence-corrected chi connectivity index (χ1v) is 9.79. The smallest absolute Gasteiger partial charge is 0.410 e. The zero-order valence-corrected chi connectivity index (χ0v) is 16.6. The van der Waals surface area contributed by atoms with Gasteiger partial charge in [0.15, 0.2) is 0 Å². The Bertz CT molecular complexity index is 1020. The minimum absolute atomic E-state index is 0.0521. The van der Waals surface area contributed by atoms with Gasteiger partial charge in [0.1, 0.15) is 24.4 Å². The normalized spacial score (nSPS) is 18.4. The van der Waals surface area contributed by atoms with Gasteiger partial charge in [0.05, 0.1) is 11.9 Å². The van der Waals surface area contributed by atoms with Crippen LogP contribution in [-0.4, -0.2) is 51.5 Å². The highest BCUT2D eigenvalue weighted by Crippen LogP contribution is 2.33. The number of fused-ring (bicyclic) bond motifs is 1. The van der Waals surface area contributed by atoms with Crippen molar-refractivity contribution in [2.75, 3.05) is 25.0 Å². The van der Waals surface area contributed by atoms with Crippen LogP contribution < -0.4 is 5.32 Å². The van der Waals surface area contributed by atoms with Gasteiger partial charge in [-0.1, -0.05) is 29.8 Å². The molecule has 0 aliphatic carbocycles. The highest BCUT2D eigenvalue weighted by Gasteiger charge is 2.46. The summed E-state index contributed by atoms with van der Waals surface area (Å²) in [5, 5.41) is 3.76. The number of piperidine rings is 1. The number of amides is 1. The topological polar surface area (TPSA) is 83.1 Å². The molecule has 0 unspecified atom stereocenters. The zero-order valence-electron chi connectivity index (χ0n) is 16.6. The number of nitrogens with one attached hydrogen (secondary N) is 2. The van der Waals surface area contributed by atoms with E-state index >= 15 is 0 Å². The van der Waals surface area contributed by atoms with E-state index in [1.165, 1.54) is 6.33 Å². The summed E-state index contributed by atoms with van der Waals surface area (Å²) in [6.45, 7) is 1.64. The Kier molecular flexibility index (Phi) is 5.52. The SMILES string of the molecule is Cc1ccc(COC(=O)N2CC[C@H](CNc3ncnc4[nH]ccc34)C(F)(F)C2)cc1. The van der Waals surface area contributed by atoms with Crippen molar-refractivity contribution in [1.82, 2.24) is 19.9 Å². The Balaban J connectivity index is 1.32. The molecule has 1 fully saturated rings. The fourth-order valence-electron chi connectivity index (χ4n) is 3.55. The van der Waals surface area contributed by atoms with E-state index in [1.807, 2.05) is 31.2 Å². The number of alkyl halides is 2. The van der Waals surface area contributed by atoms with E-state index in [1.54, 1.807) is 12.3 Å². The number of H-pyrrole nitrogens is 1. The highest BCUT2D eigenvalue weighted by atomic mass is 19.3. The summed E-state index contributed by atoms with van der Waals surface area (Å²) in [7, 11) is 0. The molecule has 0 bridgehead atoms. The van der Waals surface area contributed by atoms with Crippen LogP contribution in [0.15, 0.2) is 42.9 Å². The van der Waals surface area contributed by atoms with Gasteiger partial charge in [-0.25, -0.2) is 23.5 Å². The van der Waals surface area contributed by atoms with E-state index in [-0.39, 0.29) is 26.1 Å². The summed E-state index contributed by atoms with van der Waals surface area (Å²) < 4.78 is 34.7. The van der Waals surface area contributed by atoms with E-state index in [2.05, 4.69) is 20.3 Å². The summed E-state index contributed by atoms with van der Waals surface area (Å²) in [5.41, 5.74) is 2.56. The second-order valence-corrected chi connectivity index (χ2v) is 7.55. The van der Waals surface area contributed by atoms with E-state index < -0.39 is 24.5 Å². The van der Waals surface area contributed by atoms with Crippen LogP contribution in [0.5, 0.6) is 0 Å². The number of aromatic nitrogens is 3. The molecule has 4 rings (SSSR count). The van der Waals surface area contributed by atoms with Gasteiger partial charge in [-0.2, -0.15) is 0 Å². The van der Waals surface area contributed by atoms with Crippen molar-refractivity contribution in [3.8, 4) is 0 Å². The maximum Gasteiger partial charge on any atom is 0.410 e. The third kappa shape index (κ3) is 4.34. The van der Waals surface area contributed by atoms with Gasteiger partial charge in [-0.15, -0.1) is 0 Å². The quantitative estimate of drug-likeness (QED) is 0.659. The van der Waals surface area contributed by atoms with Crippen LogP contribution in [0.1, 0.15) is 17.5 Å². The van der Waals surface area contributed by atoms with Crippen LogP contribution >= 0.6 is 0 Å². The molecule has 2 N–H and O–H groups in total. The van der Waals surface area contributed by atoms with Gasteiger partial charge in [-0.05, 0) is 25.0 Å². The number of halogens is 2. The van der Waals surface area contributed by atoms with Crippen molar-refractivity contribution in [1.29, 1.82) is 0 Å². The second-order valence-electron chi connectivity index (χ2n) is 7.55. The summed E-state index contributed by atoms with van der Waals surface area (Å²) in [4.78, 5) is 24.5. The van der Waals surface area contributed by atoms with Crippen LogP contribution in [0, 0.1) is 12.8 Å². The molecule has 7 nitrogen and oxygen atoms in total. The Hall–Kier alpha value is -3.23. The number of carbonyl (C=O) groups is 1. The molecule has 3 heterocycles. The van der Waals surface area contributed by atoms with Crippen molar-refractivity contribution >= 4 is 22.9 Å². The molecule has 1 aliphatic heterocycles. The van der Waals surface area contributed by atoms with Gasteiger partial charge in [0, 0.05) is 25.2 Å².